The molecule has 1 atom stereocenters. The van der Waals surface area contributed by atoms with Gasteiger partial charge < -0.3 is 5.73 Å². The Labute approximate surface area is 101 Å². The van der Waals surface area contributed by atoms with Crippen LogP contribution in [0.3, 0.4) is 0 Å². The Balaban J connectivity index is 2.61. The van der Waals surface area contributed by atoms with Crippen molar-refractivity contribution in [3.05, 3.63) is 41.7 Å². The van der Waals surface area contributed by atoms with Gasteiger partial charge in [0.2, 0.25) is 0 Å². The van der Waals surface area contributed by atoms with E-state index >= 15 is 0 Å². The summed E-state index contributed by atoms with van der Waals surface area (Å²) in [7, 11) is 0. The Kier molecular flexibility index (Phi) is 3.08. The monoisotopic (exact) mass is 256 g/mol. The van der Waals surface area contributed by atoms with Crippen molar-refractivity contribution in [1.82, 2.24) is 15.0 Å². The summed E-state index contributed by atoms with van der Waals surface area (Å²) >= 11 is 0. The third kappa shape index (κ3) is 2.21. The number of hydrogen-bond donors (Lipinski definition) is 1. The second-order valence-corrected chi connectivity index (χ2v) is 3.87. The molecule has 96 valence electrons. The largest absolute Gasteiger partial charge is 0.418 e. The van der Waals surface area contributed by atoms with E-state index in [1.807, 2.05) is 0 Å². The van der Waals surface area contributed by atoms with E-state index in [2.05, 4.69) is 10.3 Å². The molecule has 0 spiro atoms. The summed E-state index contributed by atoms with van der Waals surface area (Å²) in [5, 5.41) is 7.28. The number of benzene rings is 1. The second kappa shape index (κ2) is 4.41. The minimum Gasteiger partial charge on any atom is -0.323 e. The molecule has 0 bridgehead atoms. The molecular weight excluding hydrogens is 245 g/mol. The van der Waals surface area contributed by atoms with Crippen molar-refractivity contribution < 1.29 is 13.2 Å². The summed E-state index contributed by atoms with van der Waals surface area (Å²) in [6, 6.07) is 4.72. The first-order valence-electron chi connectivity index (χ1n) is 5.24. The fourth-order valence-corrected chi connectivity index (χ4v) is 1.64. The van der Waals surface area contributed by atoms with Gasteiger partial charge in [0.05, 0.1) is 23.1 Å². The van der Waals surface area contributed by atoms with Gasteiger partial charge in [-0.1, -0.05) is 17.3 Å². The van der Waals surface area contributed by atoms with E-state index in [4.69, 9.17) is 5.73 Å². The highest BCUT2D eigenvalue weighted by atomic mass is 19.4. The maximum Gasteiger partial charge on any atom is 0.418 e. The first kappa shape index (κ1) is 12.6. The molecule has 0 radical (unpaired) electrons. The molecule has 4 nitrogen and oxygen atoms in total. The number of alkyl halides is 3. The van der Waals surface area contributed by atoms with E-state index in [1.54, 1.807) is 6.92 Å². The summed E-state index contributed by atoms with van der Waals surface area (Å²) in [5.41, 5.74) is 5.26. The molecule has 1 aromatic heterocycles. The standard InChI is InChI=1S/C11H11F3N4/c1-7(15)10-6-16-17-18(10)9-5-3-2-4-8(9)11(12,13)14/h2-7H,15H2,1H3. The van der Waals surface area contributed by atoms with Gasteiger partial charge in [-0.3, -0.25) is 0 Å². The second-order valence-electron chi connectivity index (χ2n) is 3.87. The molecule has 0 aliphatic rings. The number of nitrogens with two attached hydrogens (primary N) is 1. The van der Waals surface area contributed by atoms with Crippen molar-refractivity contribution in [2.75, 3.05) is 0 Å². The Morgan fingerprint density at radius 1 is 1.28 bits per heavy atom. The molecule has 7 heteroatoms. The molecule has 1 heterocycles. The first-order chi connectivity index (χ1) is 8.41. The van der Waals surface area contributed by atoms with Gasteiger partial charge in [-0.05, 0) is 19.1 Å². The molecule has 0 aliphatic heterocycles. The van der Waals surface area contributed by atoms with E-state index in [1.165, 1.54) is 24.4 Å². The van der Waals surface area contributed by atoms with Gasteiger partial charge in [-0.2, -0.15) is 13.2 Å². The predicted molar refractivity (Wildman–Crippen MR) is 59.0 cm³/mol. The summed E-state index contributed by atoms with van der Waals surface area (Å²) < 4.78 is 39.8. The molecule has 1 unspecified atom stereocenters. The lowest BCUT2D eigenvalue weighted by Gasteiger charge is -2.14. The molecule has 2 rings (SSSR count). The van der Waals surface area contributed by atoms with Crippen LogP contribution in [0.1, 0.15) is 24.2 Å². The third-order valence-corrected chi connectivity index (χ3v) is 2.48. The van der Waals surface area contributed by atoms with Crippen molar-refractivity contribution in [2.45, 2.75) is 19.1 Å². The van der Waals surface area contributed by atoms with Crippen LogP contribution in [0, 0.1) is 0 Å². The number of aromatic nitrogens is 3. The average Bonchev–Trinajstić information content (AvgIpc) is 2.76. The zero-order valence-electron chi connectivity index (χ0n) is 9.52. The van der Waals surface area contributed by atoms with Crippen LogP contribution < -0.4 is 5.73 Å². The van der Waals surface area contributed by atoms with E-state index in [-0.39, 0.29) is 5.69 Å². The summed E-state index contributed by atoms with van der Waals surface area (Å²) in [5.74, 6) is 0. The normalized spacial score (nSPS) is 13.6. The molecule has 0 saturated carbocycles. The fraction of sp³-hybridized carbons (Fsp3) is 0.273. The highest BCUT2D eigenvalue weighted by Gasteiger charge is 2.34. The maximum atomic E-state index is 12.9. The van der Waals surface area contributed by atoms with Crippen LogP contribution in [0.15, 0.2) is 30.5 Å². The number of nitrogens with zero attached hydrogens (tertiary/aromatic N) is 3. The van der Waals surface area contributed by atoms with Crippen LogP contribution in [0.5, 0.6) is 0 Å². The Hall–Kier alpha value is -1.89. The van der Waals surface area contributed by atoms with Crippen molar-refractivity contribution in [3.63, 3.8) is 0 Å². The smallest absolute Gasteiger partial charge is 0.323 e. The van der Waals surface area contributed by atoms with Gasteiger partial charge in [0, 0.05) is 6.04 Å². The van der Waals surface area contributed by atoms with Crippen LogP contribution in [0.2, 0.25) is 0 Å². The minimum atomic E-state index is -4.45. The van der Waals surface area contributed by atoms with Crippen molar-refractivity contribution in [2.24, 2.45) is 5.73 Å². The molecule has 18 heavy (non-hydrogen) atoms. The molecule has 0 amide bonds. The number of hydrogen-bond acceptors (Lipinski definition) is 3. The minimum absolute atomic E-state index is 0.0743. The average molecular weight is 256 g/mol. The molecule has 0 aliphatic carbocycles. The van der Waals surface area contributed by atoms with Gasteiger partial charge >= 0.3 is 6.18 Å². The maximum absolute atomic E-state index is 12.9. The van der Waals surface area contributed by atoms with Gasteiger partial charge in [-0.15, -0.1) is 5.10 Å². The van der Waals surface area contributed by atoms with E-state index in [0.29, 0.717) is 5.69 Å². The quantitative estimate of drug-likeness (QED) is 0.897. The van der Waals surface area contributed by atoms with Crippen LogP contribution in [-0.4, -0.2) is 15.0 Å². The lowest BCUT2D eigenvalue weighted by atomic mass is 10.1. The topological polar surface area (TPSA) is 56.7 Å². The van der Waals surface area contributed by atoms with Gasteiger partial charge in [0.25, 0.3) is 0 Å². The predicted octanol–water partition coefficient (Wildman–Crippen LogP) is 2.31. The summed E-state index contributed by atoms with van der Waals surface area (Å²) in [6.07, 6.45) is -3.09. The van der Waals surface area contributed by atoms with E-state index in [0.717, 1.165) is 10.7 Å². The molecule has 1 aromatic carbocycles. The van der Waals surface area contributed by atoms with Gasteiger partial charge in [0.1, 0.15) is 0 Å². The molecule has 2 aromatic rings. The van der Waals surface area contributed by atoms with E-state index in [9.17, 15) is 13.2 Å². The lowest BCUT2D eigenvalue weighted by Crippen LogP contribution is -2.16. The fourth-order valence-electron chi connectivity index (χ4n) is 1.64. The molecule has 0 saturated heterocycles. The summed E-state index contributed by atoms with van der Waals surface area (Å²) in [6.45, 7) is 1.66. The highest BCUT2D eigenvalue weighted by Crippen LogP contribution is 2.34. The first-order valence-corrected chi connectivity index (χ1v) is 5.24. The lowest BCUT2D eigenvalue weighted by molar-refractivity contribution is -0.137. The Morgan fingerprint density at radius 3 is 2.56 bits per heavy atom. The summed E-state index contributed by atoms with van der Waals surface area (Å²) in [4.78, 5) is 0. The highest BCUT2D eigenvalue weighted by molar-refractivity contribution is 5.43. The van der Waals surface area contributed by atoms with Crippen LogP contribution in [0.4, 0.5) is 13.2 Å². The molecule has 0 fully saturated rings. The SMILES string of the molecule is CC(N)c1cnnn1-c1ccccc1C(F)(F)F. The zero-order chi connectivity index (χ0) is 13.3. The van der Waals surface area contributed by atoms with Crippen LogP contribution >= 0.6 is 0 Å². The van der Waals surface area contributed by atoms with Crippen molar-refractivity contribution in [3.8, 4) is 5.69 Å². The zero-order valence-corrected chi connectivity index (χ0v) is 9.52. The van der Waals surface area contributed by atoms with E-state index < -0.39 is 17.8 Å². The molecular formula is C11H11F3N4. The van der Waals surface area contributed by atoms with Gasteiger partial charge in [-0.25, -0.2) is 4.68 Å². The molecule has 2 N–H and O–H groups in total. The van der Waals surface area contributed by atoms with Gasteiger partial charge in [0.15, 0.2) is 0 Å². The number of para-hydroxylation sites is 1. The van der Waals surface area contributed by atoms with Crippen molar-refractivity contribution >= 4 is 0 Å². The third-order valence-electron chi connectivity index (χ3n) is 2.48. The Bertz CT molecular complexity index is 545. The number of rotatable bonds is 2. The van der Waals surface area contributed by atoms with Crippen molar-refractivity contribution in [1.29, 1.82) is 0 Å². The van der Waals surface area contributed by atoms with Crippen LogP contribution in [-0.2, 0) is 6.18 Å². The Morgan fingerprint density at radius 2 is 1.94 bits per heavy atom. The number of halogens is 3. The van der Waals surface area contributed by atoms with Crippen LogP contribution in [0.25, 0.3) is 5.69 Å².